The zero-order valence-electron chi connectivity index (χ0n) is 10.4. The fourth-order valence-electron chi connectivity index (χ4n) is 2.34. The molecule has 1 aliphatic rings. The van der Waals surface area contributed by atoms with Gasteiger partial charge < -0.3 is 5.32 Å². The average molecular weight is 276 g/mol. The molecule has 0 spiro atoms. The van der Waals surface area contributed by atoms with Gasteiger partial charge in [0.2, 0.25) is 0 Å². The summed E-state index contributed by atoms with van der Waals surface area (Å²) in [4.78, 5) is 0. The highest BCUT2D eigenvalue weighted by Crippen LogP contribution is 2.43. The van der Waals surface area contributed by atoms with Crippen LogP contribution in [0.15, 0.2) is 48.5 Å². The van der Waals surface area contributed by atoms with Gasteiger partial charge in [-0.05, 0) is 42.5 Å². The minimum atomic E-state index is -0.307. The normalized spacial score (nSPS) is 16.1. The summed E-state index contributed by atoms with van der Waals surface area (Å²) < 4.78 is 13.1. The fraction of sp³-hybridized carbons (Fsp3) is 0.250. The lowest BCUT2D eigenvalue weighted by molar-refractivity contribution is 0.627. The zero-order valence-corrected chi connectivity index (χ0v) is 11.2. The Kier molecular flexibility index (Phi) is 3.43. The Hall–Kier alpha value is -1.54. The lowest BCUT2D eigenvalue weighted by Gasteiger charge is -2.21. The van der Waals surface area contributed by atoms with Crippen LogP contribution in [-0.2, 0) is 0 Å². The van der Waals surface area contributed by atoms with Gasteiger partial charge in [-0.3, -0.25) is 0 Å². The molecule has 0 bridgehead atoms. The molecule has 19 heavy (non-hydrogen) atoms. The van der Waals surface area contributed by atoms with Crippen LogP contribution in [0.2, 0.25) is 5.02 Å². The minimum absolute atomic E-state index is 0.254. The van der Waals surface area contributed by atoms with Crippen LogP contribution in [0.5, 0.6) is 0 Å². The molecule has 0 saturated heterocycles. The summed E-state index contributed by atoms with van der Waals surface area (Å²) in [6.07, 6.45) is 2.46. The van der Waals surface area contributed by atoms with E-state index in [1.165, 1.54) is 30.5 Å². The molecule has 1 nitrogen and oxygen atoms in total. The van der Waals surface area contributed by atoms with E-state index in [4.69, 9.17) is 11.6 Å². The van der Waals surface area contributed by atoms with Crippen LogP contribution in [0.1, 0.15) is 24.4 Å². The second-order valence-electron chi connectivity index (χ2n) is 4.99. The van der Waals surface area contributed by atoms with Crippen LogP contribution >= 0.6 is 11.6 Å². The highest BCUT2D eigenvalue weighted by Gasteiger charge is 2.32. The van der Waals surface area contributed by atoms with Crippen LogP contribution < -0.4 is 5.32 Å². The maximum absolute atomic E-state index is 13.1. The minimum Gasteiger partial charge on any atom is -0.377 e. The first-order chi connectivity index (χ1) is 9.24. The molecule has 1 unspecified atom stereocenters. The lowest BCUT2D eigenvalue weighted by atomic mass is 10.0. The summed E-state index contributed by atoms with van der Waals surface area (Å²) in [5, 5.41) is 3.89. The molecule has 0 aliphatic heterocycles. The number of rotatable bonds is 4. The first-order valence-corrected chi connectivity index (χ1v) is 6.88. The van der Waals surface area contributed by atoms with E-state index in [-0.39, 0.29) is 11.9 Å². The number of benzene rings is 2. The van der Waals surface area contributed by atoms with Crippen molar-refractivity contribution in [3.63, 3.8) is 0 Å². The monoisotopic (exact) mass is 275 g/mol. The van der Waals surface area contributed by atoms with Crippen molar-refractivity contribution in [2.24, 2.45) is 5.92 Å². The van der Waals surface area contributed by atoms with Crippen molar-refractivity contribution in [1.82, 2.24) is 0 Å². The van der Waals surface area contributed by atoms with Gasteiger partial charge in [0.1, 0.15) is 5.82 Å². The Morgan fingerprint density at radius 1 is 1.11 bits per heavy atom. The molecule has 1 N–H and O–H groups in total. The molecule has 3 rings (SSSR count). The standard InChI is InChI=1S/C16H15ClFN/c17-14-10-13(18)8-9-15(14)19-16(12-6-7-12)11-4-2-1-3-5-11/h1-5,8-10,12,16,19H,6-7H2. The molecular weight excluding hydrogens is 261 g/mol. The fourth-order valence-corrected chi connectivity index (χ4v) is 2.56. The average Bonchev–Trinajstić information content (AvgIpc) is 3.23. The molecule has 2 aromatic carbocycles. The van der Waals surface area contributed by atoms with Crippen molar-refractivity contribution in [2.45, 2.75) is 18.9 Å². The van der Waals surface area contributed by atoms with Crippen LogP contribution in [0.3, 0.4) is 0 Å². The predicted molar refractivity (Wildman–Crippen MR) is 76.9 cm³/mol. The molecule has 1 aliphatic carbocycles. The molecular formula is C16H15ClFN. The van der Waals surface area contributed by atoms with Gasteiger partial charge in [-0.25, -0.2) is 4.39 Å². The van der Waals surface area contributed by atoms with Gasteiger partial charge in [-0.2, -0.15) is 0 Å². The summed E-state index contributed by atoms with van der Waals surface area (Å²) in [5.41, 5.74) is 2.05. The van der Waals surface area contributed by atoms with Crippen molar-refractivity contribution in [3.05, 3.63) is 64.9 Å². The number of hydrogen-bond donors (Lipinski definition) is 1. The number of halogens is 2. The Bertz CT molecular complexity index is 566. The first-order valence-electron chi connectivity index (χ1n) is 6.50. The van der Waals surface area contributed by atoms with E-state index in [1.807, 2.05) is 18.2 Å². The molecule has 0 amide bonds. The summed E-state index contributed by atoms with van der Waals surface area (Å²) in [6.45, 7) is 0. The Morgan fingerprint density at radius 3 is 2.47 bits per heavy atom. The van der Waals surface area contributed by atoms with Crippen molar-refractivity contribution >= 4 is 17.3 Å². The third kappa shape index (κ3) is 2.90. The molecule has 1 fully saturated rings. The smallest absolute Gasteiger partial charge is 0.124 e. The van der Waals surface area contributed by atoms with E-state index in [0.29, 0.717) is 10.9 Å². The van der Waals surface area contributed by atoms with Gasteiger partial charge in [0, 0.05) is 0 Å². The highest BCUT2D eigenvalue weighted by molar-refractivity contribution is 6.33. The van der Waals surface area contributed by atoms with Gasteiger partial charge in [0.15, 0.2) is 0 Å². The molecule has 1 saturated carbocycles. The van der Waals surface area contributed by atoms with Crippen molar-refractivity contribution in [3.8, 4) is 0 Å². The van der Waals surface area contributed by atoms with Gasteiger partial charge in [0.05, 0.1) is 16.8 Å². The maximum Gasteiger partial charge on any atom is 0.124 e. The second kappa shape index (κ2) is 5.22. The number of nitrogens with one attached hydrogen (secondary N) is 1. The molecule has 3 heteroatoms. The number of anilines is 1. The van der Waals surface area contributed by atoms with Gasteiger partial charge in [-0.15, -0.1) is 0 Å². The summed E-state index contributed by atoms with van der Waals surface area (Å²) in [5.74, 6) is 0.335. The Morgan fingerprint density at radius 2 is 1.84 bits per heavy atom. The van der Waals surface area contributed by atoms with Crippen molar-refractivity contribution < 1.29 is 4.39 Å². The van der Waals surface area contributed by atoms with Crippen LogP contribution in [0.25, 0.3) is 0 Å². The van der Waals surface area contributed by atoms with Crippen LogP contribution in [-0.4, -0.2) is 0 Å². The van der Waals surface area contributed by atoms with Gasteiger partial charge in [-0.1, -0.05) is 41.9 Å². The zero-order chi connectivity index (χ0) is 13.2. The topological polar surface area (TPSA) is 12.0 Å². The Labute approximate surface area is 117 Å². The largest absolute Gasteiger partial charge is 0.377 e. The van der Waals surface area contributed by atoms with E-state index >= 15 is 0 Å². The van der Waals surface area contributed by atoms with Crippen molar-refractivity contribution in [2.75, 3.05) is 5.32 Å². The SMILES string of the molecule is Fc1ccc(NC(c2ccccc2)C2CC2)c(Cl)c1. The highest BCUT2D eigenvalue weighted by atomic mass is 35.5. The first kappa shape index (κ1) is 12.5. The summed E-state index contributed by atoms with van der Waals surface area (Å²) >= 11 is 6.08. The van der Waals surface area contributed by atoms with E-state index in [0.717, 1.165) is 5.69 Å². The van der Waals surface area contributed by atoms with E-state index < -0.39 is 0 Å². The third-order valence-corrected chi connectivity index (χ3v) is 3.81. The van der Waals surface area contributed by atoms with Crippen LogP contribution in [0.4, 0.5) is 10.1 Å². The molecule has 2 aromatic rings. The van der Waals surface area contributed by atoms with E-state index in [2.05, 4.69) is 17.4 Å². The van der Waals surface area contributed by atoms with E-state index in [9.17, 15) is 4.39 Å². The van der Waals surface area contributed by atoms with Crippen molar-refractivity contribution in [1.29, 1.82) is 0 Å². The molecule has 0 aromatic heterocycles. The Balaban J connectivity index is 1.86. The number of hydrogen-bond acceptors (Lipinski definition) is 1. The lowest BCUT2D eigenvalue weighted by Crippen LogP contribution is -2.13. The molecule has 98 valence electrons. The molecule has 1 atom stereocenters. The van der Waals surface area contributed by atoms with Crippen LogP contribution in [0, 0.1) is 11.7 Å². The molecule has 0 radical (unpaired) electrons. The second-order valence-corrected chi connectivity index (χ2v) is 5.40. The summed E-state index contributed by atoms with van der Waals surface area (Å²) in [7, 11) is 0. The van der Waals surface area contributed by atoms with Gasteiger partial charge >= 0.3 is 0 Å². The molecule has 0 heterocycles. The van der Waals surface area contributed by atoms with E-state index in [1.54, 1.807) is 6.07 Å². The maximum atomic E-state index is 13.1. The quantitative estimate of drug-likeness (QED) is 0.824. The predicted octanol–water partition coefficient (Wildman–Crippen LogP) is 5.04. The summed E-state index contributed by atoms with van der Waals surface area (Å²) in [6, 6.07) is 15.1. The third-order valence-electron chi connectivity index (χ3n) is 3.49. The van der Waals surface area contributed by atoms with Gasteiger partial charge in [0.25, 0.3) is 0 Å².